The van der Waals surface area contributed by atoms with Crippen molar-refractivity contribution in [1.82, 2.24) is 10.6 Å². The van der Waals surface area contributed by atoms with E-state index in [1.54, 1.807) is 0 Å². The molecule has 0 aromatic heterocycles. The first-order chi connectivity index (χ1) is 17.0. The molecule has 2 amide bonds. The Bertz CT molecular complexity index is 1030. The minimum atomic E-state index is -0.978. The zero-order valence-corrected chi connectivity index (χ0v) is 19.9. The van der Waals surface area contributed by atoms with Crippen LogP contribution in [0.2, 0.25) is 0 Å². The van der Waals surface area contributed by atoms with Gasteiger partial charge in [0, 0.05) is 24.9 Å². The van der Waals surface area contributed by atoms with Gasteiger partial charge in [-0.1, -0.05) is 61.9 Å². The summed E-state index contributed by atoms with van der Waals surface area (Å²) in [5.41, 5.74) is 4.62. The molecule has 1 aliphatic heterocycles. The van der Waals surface area contributed by atoms with Gasteiger partial charge in [-0.3, -0.25) is 4.79 Å². The molecule has 8 nitrogen and oxygen atoms in total. The fourth-order valence-corrected chi connectivity index (χ4v) is 4.94. The van der Waals surface area contributed by atoms with Gasteiger partial charge in [0.2, 0.25) is 5.91 Å². The fourth-order valence-electron chi connectivity index (χ4n) is 4.94. The summed E-state index contributed by atoms with van der Waals surface area (Å²) in [6.45, 7) is 2.46. The molecule has 1 heterocycles. The van der Waals surface area contributed by atoms with Gasteiger partial charge in [0.25, 0.3) is 0 Å². The predicted molar refractivity (Wildman–Crippen MR) is 130 cm³/mol. The van der Waals surface area contributed by atoms with Crippen LogP contribution in [-0.2, 0) is 19.1 Å². The number of alkyl carbamates (subject to hydrolysis) is 1. The molecule has 3 unspecified atom stereocenters. The summed E-state index contributed by atoms with van der Waals surface area (Å²) in [4.78, 5) is 36.1. The van der Waals surface area contributed by atoms with Crippen LogP contribution in [-0.4, -0.2) is 54.5 Å². The molecule has 2 aromatic rings. The molecule has 3 atom stereocenters. The van der Waals surface area contributed by atoms with E-state index in [-0.39, 0.29) is 43.5 Å². The Hall–Kier alpha value is -3.39. The van der Waals surface area contributed by atoms with E-state index in [4.69, 9.17) is 14.6 Å². The van der Waals surface area contributed by atoms with Gasteiger partial charge in [-0.15, -0.1) is 0 Å². The van der Waals surface area contributed by atoms with Crippen molar-refractivity contribution in [3.63, 3.8) is 0 Å². The molecule has 8 heteroatoms. The van der Waals surface area contributed by atoms with Gasteiger partial charge in [-0.05, 0) is 41.5 Å². The molecule has 0 spiro atoms. The van der Waals surface area contributed by atoms with Gasteiger partial charge in [-0.2, -0.15) is 0 Å². The molecule has 1 aliphatic carbocycles. The lowest BCUT2D eigenvalue weighted by atomic mass is 9.98. The molecule has 2 aromatic carbocycles. The van der Waals surface area contributed by atoms with Crippen LogP contribution >= 0.6 is 0 Å². The van der Waals surface area contributed by atoms with Crippen LogP contribution in [0.25, 0.3) is 11.1 Å². The fraction of sp³-hybridized carbons (Fsp3) is 0.444. The summed E-state index contributed by atoms with van der Waals surface area (Å²) in [7, 11) is 0. The van der Waals surface area contributed by atoms with Crippen LogP contribution in [0.5, 0.6) is 0 Å². The molecule has 186 valence electrons. The van der Waals surface area contributed by atoms with Crippen molar-refractivity contribution in [2.45, 2.75) is 63.2 Å². The number of carboxylic acid groups (broad SMARTS) is 1. The van der Waals surface area contributed by atoms with Crippen molar-refractivity contribution < 1.29 is 29.0 Å². The number of nitrogens with one attached hydrogen (secondary N) is 2. The second kappa shape index (κ2) is 11.4. The Morgan fingerprint density at radius 1 is 1.06 bits per heavy atom. The lowest BCUT2D eigenvalue weighted by molar-refractivity contribution is -0.149. The van der Waals surface area contributed by atoms with Crippen LogP contribution < -0.4 is 10.6 Å². The Kier molecular flexibility index (Phi) is 8.02. The number of aliphatic carboxylic acids is 1. The van der Waals surface area contributed by atoms with Crippen LogP contribution in [0.15, 0.2) is 48.5 Å². The van der Waals surface area contributed by atoms with Crippen LogP contribution in [0.4, 0.5) is 4.79 Å². The average molecular weight is 481 g/mol. The maximum atomic E-state index is 12.6. The molecule has 0 saturated carbocycles. The third kappa shape index (κ3) is 6.00. The molecule has 4 rings (SSSR count). The molecule has 2 aliphatic rings. The van der Waals surface area contributed by atoms with E-state index in [1.807, 2.05) is 31.2 Å². The van der Waals surface area contributed by atoms with Crippen molar-refractivity contribution in [2.24, 2.45) is 0 Å². The topological polar surface area (TPSA) is 114 Å². The summed E-state index contributed by atoms with van der Waals surface area (Å²) in [5.74, 6) is -1.22. The minimum Gasteiger partial charge on any atom is -0.479 e. The van der Waals surface area contributed by atoms with Crippen LogP contribution in [0.1, 0.15) is 56.1 Å². The average Bonchev–Trinajstić information content (AvgIpc) is 3.45. The maximum absolute atomic E-state index is 12.6. The second-order valence-corrected chi connectivity index (χ2v) is 9.13. The van der Waals surface area contributed by atoms with Gasteiger partial charge in [0.05, 0.1) is 6.10 Å². The first-order valence-electron chi connectivity index (χ1n) is 12.2. The van der Waals surface area contributed by atoms with Crippen molar-refractivity contribution in [2.75, 3.05) is 13.2 Å². The number of hydrogen-bond donors (Lipinski definition) is 3. The quantitative estimate of drug-likeness (QED) is 0.476. The number of benzene rings is 2. The van der Waals surface area contributed by atoms with E-state index in [9.17, 15) is 14.4 Å². The van der Waals surface area contributed by atoms with Crippen molar-refractivity contribution in [1.29, 1.82) is 0 Å². The monoisotopic (exact) mass is 480 g/mol. The van der Waals surface area contributed by atoms with Crippen LogP contribution in [0.3, 0.4) is 0 Å². The van der Waals surface area contributed by atoms with Crippen molar-refractivity contribution >= 4 is 18.0 Å². The molecule has 0 bridgehead atoms. The summed E-state index contributed by atoms with van der Waals surface area (Å²) in [6, 6.07) is 16.0. The number of fused-ring (bicyclic) bond motifs is 3. The number of ether oxygens (including phenoxy) is 2. The minimum absolute atomic E-state index is 0.0258. The highest BCUT2D eigenvalue weighted by molar-refractivity contribution is 5.79. The zero-order chi connectivity index (χ0) is 24.8. The molecule has 1 saturated heterocycles. The molecular formula is C27H32N2O6. The number of carbonyl (C=O) groups excluding carboxylic acids is 2. The van der Waals surface area contributed by atoms with Gasteiger partial charge < -0.3 is 25.2 Å². The van der Waals surface area contributed by atoms with Crippen molar-refractivity contribution in [3.8, 4) is 11.1 Å². The smallest absolute Gasteiger partial charge is 0.407 e. The summed E-state index contributed by atoms with van der Waals surface area (Å²) in [5, 5.41) is 14.7. The summed E-state index contributed by atoms with van der Waals surface area (Å²) < 4.78 is 11.0. The standard InChI is InChI=1S/C27H32N2O6/c1-2-7-17(14-25(30)28-15-18-12-13-24(35-18)26(31)32)29-27(33)34-16-23-21-10-5-3-8-19(21)20-9-4-6-11-22(20)23/h3-6,8-11,17-18,23-24H,2,7,12-16H2,1H3,(H,28,30)(H,29,33)(H,31,32). The molecule has 35 heavy (non-hydrogen) atoms. The molecule has 1 fully saturated rings. The normalized spacial score (nSPS) is 19.5. The Morgan fingerprint density at radius 3 is 2.31 bits per heavy atom. The Morgan fingerprint density at radius 2 is 1.71 bits per heavy atom. The van der Waals surface area contributed by atoms with E-state index in [2.05, 4.69) is 34.9 Å². The first kappa shape index (κ1) is 24.7. The second-order valence-electron chi connectivity index (χ2n) is 9.13. The van der Waals surface area contributed by atoms with Gasteiger partial charge in [-0.25, -0.2) is 9.59 Å². The Labute approximate surface area is 205 Å². The third-order valence-corrected chi connectivity index (χ3v) is 6.64. The number of carboxylic acids is 1. The summed E-state index contributed by atoms with van der Waals surface area (Å²) >= 11 is 0. The van der Waals surface area contributed by atoms with Crippen molar-refractivity contribution in [3.05, 3.63) is 59.7 Å². The van der Waals surface area contributed by atoms with Gasteiger partial charge in [0.15, 0.2) is 6.10 Å². The number of rotatable bonds is 10. The highest BCUT2D eigenvalue weighted by Crippen LogP contribution is 2.44. The molecule has 3 N–H and O–H groups in total. The van der Waals surface area contributed by atoms with E-state index < -0.39 is 18.2 Å². The maximum Gasteiger partial charge on any atom is 0.407 e. The van der Waals surface area contributed by atoms with Gasteiger partial charge >= 0.3 is 12.1 Å². The number of amides is 2. The highest BCUT2D eigenvalue weighted by Gasteiger charge is 2.31. The molecule has 0 radical (unpaired) electrons. The number of carbonyl (C=O) groups is 3. The zero-order valence-electron chi connectivity index (χ0n) is 19.9. The largest absolute Gasteiger partial charge is 0.479 e. The van der Waals surface area contributed by atoms with Crippen LogP contribution in [0, 0.1) is 0 Å². The lowest BCUT2D eigenvalue weighted by Crippen LogP contribution is -2.41. The first-order valence-corrected chi connectivity index (χ1v) is 12.2. The van der Waals surface area contributed by atoms with E-state index in [0.29, 0.717) is 19.3 Å². The lowest BCUT2D eigenvalue weighted by Gasteiger charge is -2.20. The van der Waals surface area contributed by atoms with E-state index in [1.165, 1.54) is 11.1 Å². The SMILES string of the molecule is CCCC(CC(=O)NCC1CCC(C(=O)O)O1)NC(=O)OCC1c2ccccc2-c2ccccc21. The molecular weight excluding hydrogens is 448 g/mol. The third-order valence-electron chi connectivity index (χ3n) is 6.64. The summed E-state index contributed by atoms with van der Waals surface area (Å²) in [6.07, 6.45) is 0.936. The Balaban J connectivity index is 1.27. The van der Waals surface area contributed by atoms with E-state index in [0.717, 1.165) is 17.5 Å². The highest BCUT2D eigenvalue weighted by atomic mass is 16.5. The predicted octanol–water partition coefficient (Wildman–Crippen LogP) is 3.83. The number of hydrogen-bond acceptors (Lipinski definition) is 5. The van der Waals surface area contributed by atoms with E-state index >= 15 is 0 Å². The van der Waals surface area contributed by atoms with Gasteiger partial charge in [0.1, 0.15) is 6.61 Å².